The van der Waals surface area contributed by atoms with E-state index in [1.807, 2.05) is 38.4 Å². The van der Waals surface area contributed by atoms with Crippen LogP contribution in [0.1, 0.15) is 16.1 Å². The normalized spacial score (nSPS) is 11.2. The first-order valence-corrected chi connectivity index (χ1v) is 7.52. The van der Waals surface area contributed by atoms with Gasteiger partial charge in [-0.1, -0.05) is 18.2 Å². The van der Waals surface area contributed by atoms with Gasteiger partial charge in [0, 0.05) is 17.7 Å². The summed E-state index contributed by atoms with van der Waals surface area (Å²) in [5.41, 5.74) is 3.45. The molecule has 5 nitrogen and oxygen atoms in total. The van der Waals surface area contributed by atoms with Gasteiger partial charge in [0.25, 0.3) is 5.91 Å². The van der Waals surface area contributed by atoms with Gasteiger partial charge >= 0.3 is 0 Å². The van der Waals surface area contributed by atoms with Crippen LogP contribution in [0.3, 0.4) is 0 Å². The molecule has 0 spiro atoms. The van der Waals surface area contributed by atoms with Gasteiger partial charge in [-0.05, 0) is 20.2 Å². The van der Waals surface area contributed by atoms with Crippen molar-refractivity contribution in [1.29, 1.82) is 0 Å². The molecule has 2 aromatic rings. The maximum atomic E-state index is 11.9. The topological polar surface area (TPSA) is 71.5 Å². The molecule has 20 heavy (non-hydrogen) atoms. The Kier molecular flexibility index (Phi) is 5.05. The lowest BCUT2D eigenvalue weighted by Gasteiger charge is -2.08. The fraction of sp³-hybridized carbons (Fsp3) is 0.357. The fourth-order valence-electron chi connectivity index (χ4n) is 1.93. The van der Waals surface area contributed by atoms with Crippen LogP contribution in [0.4, 0.5) is 0 Å². The standard InChI is InChI=1S/C14H19N3O2S/c1-17(2)7-8-20-9-12-13(14(18)16-15)10-5-3-4-6-11(10)19-12/h3-6H,7-9,15H2,1-2H3,(H,16,18). The molecule has 0 radical (unpaired) electrons. The number of para-hydroxylation sites is 1. The minimum Gasteiger partial charge on any atom is -0.459 e. The summed E-state index contributed by atoms with van der Waals surface area (Å²) in [6, 6.07) is 7.50. The number of benzene rings is 1. The zero-order valence-electron chi connectivity index (χ0n) is 11.7. The van der Waals surface area contributed by atoms with Crippen LogP contribution < -0.4 is 11.3 Å². The second kappa shape index (κ2) is 6.78. The van der Waals surface area contributed by atoms with E-state index in [2.05, 4.69) is 10.3 Å². The summed E-state index contributed by atoms with van der Waals surface area (Å²) in [6.07, 6.45) is 0. The molecule has 6 heteroatoms. The van der Waals surface area contributed by atoms with Gasteiger partial charge in [0.05, 0.1) is 11.3 Å². The molecule has 0 fully saturated rings. The van der Waals surface area contributed by atoms with E-state index in [1.54, 1.807) is 11.8 Å². The number of hydrazine groups is 1. The first-order chi connectivity index (χ1) is 9.63. The van der Waals surface area contributed by atoms with Crippen LogP contribution in [-0.4, -0.2) is 37.2 Å². The molecule has 1 aromatic carbocycles. The van der Waals surface area contributed by atoms with Crippen LogP contribution in [0.2, 0.25) is 0 Å². The minimum atomic E-state index is -0.307. The lowest BCUT2D eigenvalue weighted by molar-refractivity contribution is 0.0953. The molecular formula is C14H19N3O2S. The van der Waals surface area contributed by atoms with Crippen LogP contribution in [0.15, 0.2) is 28.7 Å². The van der Waals surface area contributed by atoms with Gasteiger partial charge in [0.2, 0.25) is 0 Å². The van der Waals surface area contributed by atoms with Crippen LogP contribution in [0.25, 0.3) is 11.0 Å². The van der Waals surface area contributed by atoms with Crippen molar-refractivity contribution in [2.75, 3.05) is 26.4 Å². The predicted octanol–water partition coefficient (Wildman–Crippen LogP) is 1.83. The molecule has 0 saturated heterocycles. The molecule has 1 heterocycles. The average molecular weight is 293 g/mol. The van der Waals surface area contributed by atoms with Crippen molar-refractivity contribution in [2.24, 2.45) is 5.84 Å². The first-order valence-electron chi connectivity index (χ1n) is 6.37. The third-order valence-corrected chi connectivity index (χ3v) is 3.88. The van der Waals surface area contributed by atoms with Gasteiger partial charge in [-0.25, -0.2) is 5.84 Å². The lowest BCUT2D eigenvalue weighted by atomic mass is 10.1. The van der Waals surface area contributed by atoms with Crippen LogP contribution in [0, 0.1) is 0 Å². The molecule has 0 unspecified atom stereocenters. The van der Waals surface area contributed by atoms with Crippen molar-refractivity contribution in [3.05, 3.63) is 35.6 Å². The monoisotopic (exact) mass is 293 g/mol. The van der Waals surface area contributed by atoms with E-state index in [4.69, 9.17) is 10.3 Å². The molecule has 0 saturated carbocycles. The van der Waals surface area contributed by atoms with Gasteiger partial charge in [0.15, 0.2) is 0 Å². The maximum Gasteiger partial charge on any atom is 0.269 e. The molecule has 0 aliphatic heterocycles. The van der Waals surface area contributed by atoms with E-state index in [-0.39, 0.29) is 5.91 Å². The van der Waals surface area contributed by atoms with Gasteiger partial charge < -0.3 is 9.32 Å². The summed E-state index contributed by atoms with van der Waals surface area (Å²) < 4.78 is 5.78. The van der Waals surface area contributed by atoms with E-state index in [1.165, 1.54) is 0 Å². The van der Waals surface area contributed by atoms with Crippen molar-refractivity contribution in [3.63, 3.8) is 0 Å². The van der Waals surface area contributed by atoms with E-state index >= 15 is 0 Å². The summed E-state index contributed by atoms with van der Waals surface area (Å²) in [7, 11) is 4.07. The van der Waals surface area contributed by atoms with Gasteiger partial charge in [-0.15, -0.1) is 0 Å². The Balaban J connectivity index is 2.20. The highest BCUT2D eigenvalue weighted by Crippen LogP contribution is 2.28. The van der Waals surface area contributed by atoms with Gasteiger partial charge in [-0.2, -0.15) is 11.8 Å². The number of nitrogens with two attached hydrogens (primary N) is 1. The highest BCUT2D eigenvalue weighted by Gasteiger charge is 2.19. The van der Waals surface area contributed by atoms with E-state index < -0.39 is 0 Å². The molecule has 108 valence electrons. The number of carbonyl (C=O) groups excluding carboxylic acids is 1. The molecule has 0 atom stereocenters. The molecule has 3 N–H and O–H groups in total. The Hall–Kier alpha value is -1.50. The van der Waals surface area contributed by atoms with Crippen molar-refractivity contribution in [2.45, 2.75) is 5.75 Å². The predicted molar refractivity (Wildman–Crippen MR) is 82.6 cm³/mol. The number of hydrogen-bond acceptors (Lipinski definition) is 5. The van der Waals surface area contributed by atoms with E-state index in [0.717, 1.165) is 17.7 Å². The molecule has 2 rings (SSSR count). The van der Waals surface area contributed by atoms with Crippen molar-refractivity contribution in [1.82, 2.24) is 10.3 Å². The second-order valence-electron chi connectivity index (χ2n) is 4.73. The number of rotatable bonds is 6. The number of furan rings is 1. The summed E-state index contributed by atoms with van der Waals surface area (Å²) in [6.45, 7) is 0.989. The SMILES string of the molecule is CN(C)CCSCc1oc2ccccc2c1C(=O)NN. The summed E-state index contributed by atoms with van der Waals surface area (Å²) in [4.78, 5) is 14.1. The van der Waals surface area contributed by atoms with E-state index in [9.17, 15) is 4.79 Å². The Morgan fingerprint density at radius 3 is 2.85 bits per heavy atom. The Bertz CT molecular complexity index is 595. The maximum absolute atomic E-state index is 11.9. The number of carbonyl (C=O) groups is 1. The zero-order chi connectivity index (χ0) is 14.5. The van der Waals surface area contributed by atoms with Crippen molar-refractivity contribution in [3.8, 4) is 0 Å². The first kappa shape index (κ1) is 14.9. The fourth-order valence-corrected chi connectivity index (χ4v) is 2.96. The second-order valence-corrected chi connectivity index (χ2v) is 5.83. The molecular weight excluding hydrogens is 274 g/mol. The van der Waals surface area contributed by atoms with Crippen molar-refractivity contribution < 1.29 is 9.21 Å². The highest BCUT2D eigenvalue weighted by molar-refractivity contribution is 7.98. The number of fused-ring (bicyclic) bond motifs is 1. The molecule has 1 aromatic heterocycles. The number of hydrogen-bond donors (Lipinski definition) is 2. The van der Waals surface area contributed by atoms with Crippen LogP contribution in [0.5, 0.6) is 0 Å². The molecule has 0 bridgehead atoms. The summed E-state index contributed by atoms with van der Waals surface area (Å²) in [5, 5.41) is 0.804. The third-order valence-electron chi connectivity index (χ3n) is 2.94. The zero-order valence-corrected chi connectivity index (χ0v) is 12.5. The molecule has 1 amide bonds. The smallest absolute Gasteiger partial charge is 0.269 e. The van der Waals surface area contributed by atoms with Crippen LogP contribution >= 0.6 is 11.8 Å². The number of amides is 1. The summed E-state index contributed by atoms with van der Waals surface area (Å²) >= 11 is 1.74. The number of nitrogens with zero attached hydrogens (tertiary/aromatic N) is 1. The quantitative estimate of drug-likeness (QED) is 0.368. The number of nitrogen functional groups attached to an aromatic ring is 1. The Labute approximate surface area is 122 Å². The highest BCUT2D eigenvalue weighted by atomic mass is 32.2. The molecule has 0 aliphatic rings. The summed E-state index contributed by atoms with van der Waals surface area (Å²) in [5.74, 6) is 7.27. The van der Waals surface area contributed by atoms with Gasteiger partial charge in [-0.3, -0.25) is 10.2 Å². The molecule has 0 aliphatic carbocycles. The average Bonchev–Trinajstić information content (AvgIpc) is 2.80. The Morgan fingerprint density at radius 2 is 2.15 bits per heavy atom. The Morgan fingerprint density at radius 1 is 1.40 bits per heavy atom. The van der Waals surface area contributed by atoms with E-state index in [0.29, 0.717) is 22.7 Å². The third kappa shape index (κ3) is 3.33. The largest absolute Gasteiger partial charge is 0.459 e. The number of thioether (sulfide) groups is 1. The minimum absolute atomic E-state index is 0.307. The number of nitrogens with one attached hydrogen (secondary N) is 1. The van der Waals surface area contributed by atoms with Crippen molar-refractivity contribution >= 4 is 28.6 Å². The van der Waals surface area contributed by atoms with Gasteiger partial charge in [0.1, 0.15) is 11.3 Å². The van der Waals surface area contributed by atoms with Crippen LogP contribution in [-0.2, 0) is 5.75 Å². The lowest BCUT2D eigenvalue weighted by Crippen LogP contribution is -2.30.